The second kappa shape index (κ2) is 9.47. The van der Waals surface area contributed by atoms with E-state index in [0.29, 0.717) is 22.8 Å². The minimum atomic E-state index is -1.04. The van der Waals surface area contributed by atoms with E-state index in [0.717, 1.165) is 0 Å². The lowest BCUT2D eigenvalue weighted by atomic mass is 10.0. The number of amides is 1. The van der Waals surface area contributed by atoms with Crippen LogP contribution in [0.4, 0.5) is 0 Å². The molecule has 0 aromatic heterocycles. The second-order valence-electron chi connectivity index (χ2n) is 5.85. The molecule has 27 heavy (non-hydrogen) atoms. The van der Waals surface area contributed by atoms with Crippen LogP contribution in [0.3, 0.4) is 0 Å². The highest BCUT2D eigenvalue weighted by Gasteiger charge is 2.23. The minimum Gasteiger partial charge on any atom is -0.493 e. The van der Waals surface area contributed by atoms with Gasteiger partial charge in [-0.15, -0.1) is 0 Å². The van der Waals surface area contributed by atoms with Gasteiger partial charge in [0, 0.05) is 0 Å². The lowest BCUT2D eigenvalue weighted by Crippen LogP contribution is -2.39. The largest absolute Gasteiger partial charge is 0.493 e. The Bertz CT molecular complexity index is 777. The zero-order valence-electron chi connectivity index (χ0n) is 15.5. The van der Waals surface area contributed by atoms with Crippen molar-refractivity contribution in [1.29, 1.82) is 0 Å². The fourth-order valence-corrected chi connectivity index (χ4v) is 2.54. The lowest BCUT2D eigenvalue weighted by Gasteiger charge is -2.22. The first kappa shape index (κ1) is 20.1. The van der Waals surface area contributed by atoms with Gasteiger partial charge in [-0.3, -0.25) is 9.59 Å². The van der Waals surface area contributed by atoms with Crippen LogP contribution in [0.2, 0.25) is 0 Å². The highest BCUT2D eigenvalue weighted by Crippen LogP contribution is 2.31. The molecule has 0 aliphatic carbocycles. The zero-order valence-corrected chi connectivity index (χ0v) is 15.5. The number of carbonyl (C=O) groups excluding carboxylic acids is 1. The molecule has 7 heteroatoms. The van der Waals surface area contributed by atoms with Crippen molar-refractivity contribution in [3.05, 3.63) is 54.1 Å². The summed E-state index contributed by atoms with van der Waals surface area (Å²) in [5.41, 5.74) is 0.593. The summed E-state index contributed by atoms with van der Waals surface area (Å²) in [4.78, 5) is 23.8. The molecule has 2 atom stereocenters. The molecule has 0 spiro atoms. The van der Waals surface area contributed by atoms with Gasteiger partial charge in [-0.25, -0.2) is 0 Å². The first-order valence-electron chi connectivity index (χ1n) is 8.40. The van der Waals surface area contributed by atoms with E-state index in [2.05, 4.69) is 5.32 Å². The highest BCUT2D eigenvalue weighted by molar-refractivity contribution is 5.82. The second-order valence-corrected chi connectivity index (χ2v) is 5.85. The Morgan fingerprint density at radius 2 is 1.70 bits per heavy atom. The Balaban J connectivity index is 2.16. The third kappa shape index (κ3) is 5.64. The Morgan fingerprint density at radius 1 is 1.04 bits per heavy atom. The maximum Gasteiger partial charge on any atom is 0.305 e. The van der Waals surface area contributed by atoms with Crippen molar-refractivity contribution >= 4 is 11.9 Å². The number of hydrogen-bond donors (Lipinski definition) is 2. The monoisotopic (exact) mass is 373 g/mol. The van der Waals surface area contributed by atoms with Crippen LogP contribution in [0.5, 0.6) is 17.2 Å². The Hall–Kier alpha value is -3.22. The van der Waals surface area contributed by atoms with Gasteiger partial charge in [0.15, 0.2) is 17.6 Å². The number of carboxylic acid groups (broad SMARTS) is 1. The number of para-hydroxylation sites is 1. The van der Waals surface area contributed by atoms with E-state index in [4.69, 9.17) is 14.2 Å². The van der Waals surface area contributed by atoms with Crippen LogP contribution in [-0.2, 0) is 9.59 Å². The van der Waals surface area contributed by atoms with E-state index in [1.165, 1.54) is 14.2 Å². The Labute approximate surface area is 157 Å². The van der Waals surface area contributed by atoms with E-state index in [1.54, 1.807) is 49.4 Å². The van der Waals surface area contributed by atoms with Crippen LogP contribution in [0.25, 0.3) is 0 Å². The van der Waals surface area contributed by atoms with E-state index in [-0.39, 0.29) is 6.42 Å². The van der Waals surface area contributed by atoms with Crippen molar-refractivity contribution in [2.75, 3.05) is 14.2 Å². The molecular weight excluding hydrogens is 350 g/mol. The zero-order chi connectivity index (χ0) is 19.8. The van der Waals surface area contributed by atoms with Gasteiger partial charge < -0.3 is 24.6 Å². The first-order valence-corrected chi connectivity index (χ1v) is 8.40. The molecule has 0 bridgehead atoms. The summed E-state index contributed by atoms with van der Waals surface area (Å²) >= 11 is 0. The molecule has 0 saturated carbocycles. The van der Waals surface area contributed by atoms with E-state index in [9.17, 15) is 14.7 Å². The molecule has 0 heterocycles. The highest BCUT2D eigenvalue weighted by atomic mass is 16.5. The summed E-state index contributed by atoms with van der Waals surface area (Å²) in [6.07, 6.45) is -1.07. The molecule has 0 fully saturated rings. The Kier molecular flexibility index (Phi) is 7.05. The summed E-state index contributed by atoms with van der Waals surface area (Å²) in [5.74, 6) is 0.0725. The number of aliphatic carboxylic acids is 1. The van der Waals surface area contributed by atoms with Gasteiger partial charge in [0.05, 0.1) is 26.7 Å². The fraction of sp³-hybridized carbons (Fsp3) is 0.300. The normalized spacial score (nSPS) is 12.6. The molecule has 0 saturated heterocycles. The molecule has 0 radical (unpaired) electrons. The smallest absolute Gasteiger partial charge is 0.305 e. The van der Waals surface area contributed by atoms with Gasteiger partial charge in [0.2, 0.25) is 0 Å². The molecule has 2 rings (SSSR count). The van der Waals surface area contributed by atoms with Crippen molar-refractivity contribution in [3.63, 3.8) is 0 Å². The SMILES string of the molecule is COc1ccc(C(CC(=O)O)NC(=O)C(C)Oc2ccccc2)cc1OC. The molecule has 2 aromatic rings. The Morgan fingerprint density at radius 3 is 2.30 bits per heavy atom. The van der Waals surface area contributed by atoms with E-state index in [1.807, 2.05) is 6.07 Å². The van der Waals surface area contributed by atoms with Crippen molar-refractivity contribution in [3.8, 4) is 17.2 Å². The van der Waals surface area contributed by atoms with Gasteiger partial charge in [-0.05, 0) is 36.8 Å². The third-order valence-electron chi connectivity index (χ3n) is 3.93. The molecule has 0 aliphatic heterocycles. The van der Waals surface area contributed by atoms with Crippen LogP contribution in [0.15, 0.2) is 48.5 Å². The minimum absolute atomic E-state index is 0.278. The van der Waals surface area contributed by atoms with Crippen LogP contribution < -0.4 is 19.5 Å². The number of methoxy groups -OCH3 is 2. The van der Waals surface area contributed by atoms with Gasteiger partial charge in [-0.2, -0.15) is 0 Å². The standard InChI is InChI=1S/C20H23NO6/c1-13(27-15-7-5-4-6-8-15)20(24)21-16(12-19(22)23)14-9-10-17(25-2)18(11-14)26-3/h4-11,13,16H,12H2,1-3H3,(H,21,24)(H,22,23). The number of rotatable bonds is 9. The number of carboxylic acids is 1. The summed E-state index contributed by atoms with van der Waals surface area (Å²) in [6, 6.07) is 13.2. The summed E-state index contributed by atoms with van der Waals surface area (Å²) in [5, 5.41) is 12.0. The average molecular weight is 373 g/mol. The molecule has 144 valence electrons. The molecule has 2 aromatic carbocycles. The van der Waals surface area contributed by atoms with Crippen molar-refractivity contribution in [1.82, 2.24) is 5.32 Å². The molecular formula is C20H23NO6. The van der Waals surface area contributed by atoms with Gasteiger partial charge in [0.25, 0.3) is 5.91 Å². The van der Waals surface area contributed by atoms with Crippen molar-refractivity contribution in [2.45, 2.75) is 25.5 Å². The van der Waals surface area contributed by atoms with E-state index >= 15 is 0 Å². The van der Waals surface area contributed by atoms with Crippen molar-refractivity contribution < 1.29 is 28.9 Å². The van der Waals surface area contributed by atoms with Gasteiger partial charge >= 0.3 is 5.97 Å². The molecule has 7 nitrogen and oxygen atoms in total. The third-order valence-corrected chi connectivity index (χ3v) is 3.93. The first-order chi connectivity index (χ1) is 12.9. The van der Waals surface area contributed by atoms with Crippen LogP contribution in [0.1, 0.15) is 24.9 Å². The maximum absolute atomic E-state index is 12.5. The molecule has 1 amide bonds. The van der Waals surface area contributed by atoms with Crippen LogP contribution in [0, 0.1) is 0 Å². The predicted molar refractivity (Wildman–Crippen MR) is 99.2 cm³/mol. The quantitative estimate of drug-likeness (QED) is 0.702. The average Bonchev–Trinajstić information content (AvgIpc) is 2.67. The number of carbonyl (C=O) groups is 2. The number of nitrogens with one attached hydrogen (secondary N) is 1. The number of benzene rings is 2. The maximum atomic E-state index is 12.5. The van der Waals surface area contributed by atoms with Crippen LogP contribution >= 0.6 is 0 Å². The summed E-state index contributed by atoms with van der Waals surface area (Å²) < 4.78 is 16.0. The molecule has 2 unspecified atom stereocenters. The van der Waals surface area contributed by atoms with Gasteiger partial charge in [-0.1, -0.05) is 24.3 Å². The van der Waals surface area contributed by atoms with Crippen molar-refractivity contribution in [2.24, 2.45) is 0 Å². The van der Waals surface area contributed by atoms with Gasteiger partial charge in [0.1, 0.15) is 5.75 Å². The van der Waals surface area contributed by atoms with Crippen LogP contribution in [-0.4, -0.2) is 37.3 Å². The molecule has 0 aliphatic rings. The topological polar surface area (TPSA) is 94.1 Å². The van der Waals surface area contributed by atoms with E-state index < -0.39 is 24.0 Å². The fourth-order valence-electron chi connectivity index (χ4n) is 2.54. The number of hydrogen-bond acceptors (Lipinski definition) is 5. The predicted octanol–water partition coefficient (Wildman–Crippen LogP) is 2.80. The number of ether oxygens (including phenoxy) is 3. The summed E-state index contributed by atoms with van der Waals surface area (Å²) in [7, 11) is 3.00. The lowest BCUT2D eigenvalue weighted by molar-refractivity contribution is -0.138. The molecule has 2 N–H and O–H groups in total. The summed E-state index contributed by atoms with van der Waals surface area (Å²) in [6.45, 7) is 1.61.